The number of likely N-dealkylation sites (N-methyl/N-ethyl adjacent to an activating group) is 1. The van der Waals surface area contributed by atoms with Gasteiger partial charge in [-0.1, -0.05) is 23.7 Å². The van der Waals surface area contributed by atoms with E-state index in [1.807, 2.05) is 43.3 Å². The fourth-order valence-corrected chi connectivity index (χ4v) is 3.63. The molecule has 1 saturated heterocycles. The molecule has 0 radical (unpaired) electrons. The number of thiocarbonyl (C=S) groups is 1. The van der Waals surface area contributed by atoms with Crippen molar-refractivity contribution < 1.29 is 14.3 Å². The minimum absolute atomic E-state index is 0.180. The Labute approximate surface area is 182 Å². The summed E-state index contributed by atoms with van der Waals surface area (Å²) < 4.78 is 12.4. The molecular weight excluding hydrogens is 464 g/mol. The Morgan fingerprint density at radius 3 is 2.71 bits per heavy atom. The lowest BCUT2D eigenvalue weighted by atomic mass is 10.1. The second kappa shape index (κ2) is 8.94. The van der Waals surface area contributed by atoms with Gasteiger partial charge in [0.2, 0.25) is 0 Å². The molecule has 3 rings (SSSR count). The van der Waals surface area contributed by atoms with Crippen molar-refractivity contribution in [1.82, 2.24) is 10.2 Å². The molecule has 1 amide bonds. The van der Waals surface area contributed by atoms with E-state index in [4.69, 9.17) is 33.3 Å². The molecule has 0 aromatic heterocycles. The number of amides is 1. The Morgan fingerprint density at radius 1 is 1.29 bits per heavy atom. The quantitative estimate of drug-likeness (QED) is 0.476. The van der Waals surface area contributed by atoms with Crippen LogP contribution in [0.4, 0.5) is 0 Å². The number of nitrogens with one attached hydrogen (secondary N) is 1. The summed E-state index contributed by atoms with van der Waals surface area (Å²) in [5.74, 6) is 0.981. The average molecular weight is 482 g/mol. The van der Waals surface area contributed by atoms with Crippen LogP contribution < -0.4 is 14.8 Å². The number of halogens is 2. The monoisotopic (exact) mass is 480 g/mol. The SMILES string of the molecule is CCOc1cc(C=C2NC(=S)N(C)C2=O)cc(Br)c1OCc1cccc(Cl)c1. The number of nitrogens with zero attached hydrogens (tertiary/aromatic N) is 1. The molecule has 1 heterocycles. The Kier molecular flexibility index (Phi) is 6.59. The number of ether oxygens (including phenoxy) is 2. The average Bonchev–Trinajstić information content (AvgIpc) is 2.88. The smallest absolute Gasteiger partial charge is 0.276 e. The third-order valence-corrected chi connectivity index (χ3v) is 5.20. The topological polar surface area (TPSA) is 50.8 Å². The number of carbonyl (C=O) groups excluding carboxylic acids is 1. The molecule has 1 fully saturated rings. The van der Waals surface area contributed by atoms with Gasteiger partial charge in [0.15, 0.2) is 16.6 Å². The standard InChI is InChI=1S/C20H18BrClN2O3S/c1-3-26-17-10-13(9-16-19(25)24(2)20(28)23-16)8-15(21)18(17)27-11-12-5-4-6-14(22)7-12/h4-10H,3,11H2,1-2H3,(H,23,28). The molecule has 1 N–H and O–H groups in total. The van der Waals surface area contributed by atoms with E-state index in [0.717, 1.165) is 11.1 Å². The maximum atomic E-state index is 12.2. The minimum atomic E-state index is -0.180. The van der Waals surface area contributed by atoms with Gasteiger partial charge in [-0.25, -0.2) is 0 Å². The molecule has 0 unspecified atom stereocenters. The van der Waals surface area contributed by atoms with Crippen molar-refractivity contribution >= 4 is 56.8 Å². The highest BCUT2D eigenvalue weighted by Crippen LogP contribution is 2.38. The van der Waals surface area contributed by atoms with Crippen LogP contribution in [0.3, 0.4) is 0 Å². The van der Waals surface area contributed by atoms with Gasteiger partial charge < -0.3 is 14.8 Å². The molecule has 1 aliphatic heterocycles. The molecule has 0 bridgehead atoms. The van der Waals surface area contributed by atoms with Crippen LogP contribution in [-0.2, 0) is 11.4 Å². The molecule has 0 spiro atoms. The number of benzene rings is 2. The Hall–Kier alpha value is -2.09. The molecule has 0 saturated carbocycles. The lowest BCUT2D eigenvalue weighted by Crippen LogP contribution is -2.25. The first-order valence-electron chi connectivity index (χ1n) is 8.53. The third kappa shape index (κ3) is 4.66. The highest BCUT2D eigenvalue weighted by Gasteiger charge is 2.27. The Bertz CT molecular complexity index is 964. The van der Waals surface area contributed by atoms with Crippen molar-refractivity contribution in [1.29, 1.82) is 0 Å². The summed E-state index contributed by atoms with van der Waals surface area (Å²) in [6.45, 7) is 2.72. The van der Waals surface area contributed by atoms with E-state index in [1.54, 1.807) is 13.1 Å². The van der Waals surface area contributed by atoms with Gasteiger partial charge in [-0.15, -0.1) is 0 Å². The maximum absolute atomic E-state index is 12.2. The molecule has 28 heavy (non-hydrogen) atoms. The summed E-state index contributed by atoms with van der Waals surface area (Å²) in [4.78, 5) is 13.6. The van der Waals surface area contributed by atoms with Crippen LogP contribution in [0.25, 0.3) is 6.08 Å². The lowest BCUT2D eigenvalue weighted by Gasteiger charge is -2.15. The second-order valence-corrected chi connectivity index (χ2v) is 7.71. The van der Waals surface area contributed by atoms with E-state index < -0.39 is 0 Å². The largest absolute Gasteiger partial charge is 0.490 e. The Morgan fingerprint density at radius 2 is 2.07 bits per heavy atom. The molecule has 1 aliphatic rings. The van der Waals surface area contributed by atoms with E-state index in [1.165, 1.54) is 4.90 Å². The van der Waals surface area contributed by atoms with Crippen LogP contribution in [0, 0.1) is 0 Å². The van der Waals surface area contributed by atoms with E-state index in [9.17, 15) is 4.79 Å². The summed E-state index contributed by atoms with van der Waals surface area (Å²) >= 11 is 14.7. The molecule has 2 aromatic carbocycles. The molecule has 0 atom stereocenters. The van der Waals surface area contributed by atoms with Gasteiger partial charge >= 0.3 is 0 Å². The summed E-state index contributed by atoms with van der Waals surface area (Å²) in [5.41, 5.74) is 2.14. The summed E-state index contributed by atoms with van der Waals surface area (Å²) in [7, 11) is 1.63. The van der Waals surface area contributed by atoms with Crippen molar-refractivity contribution in [3.63, 3.8) is 0 Å². The number of hydrogen-bond donors (Lipinski definition) is 1. The van der Waals surface area contributed by atoms with Gasteiger partial charge in [0.05, 0.1) is 11.1 Å². The van der Waals surface area contributed by atoms with Crippen LogP contribution in [0.2, 0.25) is 5.02 Å². The second-order valence-electron chi connectivity index (χ2n) is 6.03. The first kappa shape index (κ1) is 20.6. The number of hydrogen-bond acceptors (Lipinski definition) is 4. The van der Waals surface area contributed by atoms with Gasteiger partial charge in [0, 0.05) is 12.1 Å². The van der Waals surface area contributed by atoms with Gasteiger partial charge in [-0.05, 0) is 76.5 Å². The van der Waals surface area contributed by atoms with E-state index in [-0.39, 0.29) is 5.91 Å². The van der Waals surface area contributed by atoms with Crippen LogP contribution in [0.1, 0.15) is 18.1 Å². The van der Waals surface area contributed by atoms with Crippen LogP contribution in [0.15, 0.2) is 46.6 Å². The van der Waals surface area contributed by atoms with Crippen molar-refractivity contribution in [3.05, 3.63) is 62.7 Å². The van der Waals surface area contributed by atoms with Gasteiger partial charge in [0.1, 0.15) is 12.3 Å². The van der Waals surface area contributed by atoms with Crippen molar-refractivity contribution in [2.45, 2.75) is 13.5 Å². The molecule has 146 valence electrons. The normalized spacial score (nSPS) is 15.1. The van der Waals surface area contributed by atoms with Gasteiger partial charge in [-0.2, -0.15) is 0 Å². The maximum Gasteiger partial charge on any atom is 0.276 e. The predicted octanol–water partition coefficient (Wildman–Crippen LogP) is 4.77. The van der Waals surface area contributed by atoms with E-state index in [0.29, 0.717) is 45.0 Å². The zero-order valence-electron chi connectivity index (χ0n) is 15.3. The highest BCUT2D eigenvalue weighted by molar-refractivity contribution is 9.10. The third-order valence-electron chi connectivity index (χ3n) is 4.00. The van der Waals surface area contributed by atoms with Crippen LogP contribution in [0.5, 0.6) is 11.5 Å². The van der Waals surface area contributed by atoms with Crippen molar-refractivity contribution in [2.75, 3.05) is 13.7 Å². The Balaban J connectivity index is 1.88. The first-order valence-corrected chi connectivity index (χ1v) is 10.1. The zero-order chi connectivity index (χ0) is 20.3. The molecular formula is C20H18BrClN2O3S. The molecule has 8 heteroatoms. The van der Waals surface area contributed by atoms with Crippen molar-refractivity contribution in [3.8, 4) is 11.5 Å². The zero-order valence-corrected chi connectivity index (χ0v) is 18.5. The number of rotatable bonds is 6. The van der Waals surface area contributed by atoms with Gasteiger partial charge in [-0.3, -0.25) is 9.69 Å². The van der Waals surface area contributed by atoms with Crippen molar-refractivity contribution in [2.24, 2.45) is 0 Å². The summed E-state index contributed by atoms with van der Waals surface area (Å²) in [6.07, 6.45) is 1.73. The first-order chi connectivity index (χ1) is 13.4. The predicted molar refractivity (Wildman–Crippen MR) is 118 cm³/mol. The molecule has 5 nitrogen and oxygen atoms in total. The van der Waals surface area contributed by atoms with Crippen LogP contribution in [-0.4, -0.2) is 29.6 Å². The summed E-state index contributed by atoms with van der Waals surface area (Å²) in [5, 5.41) is 3.94. The van der Waals surface area contributed by atoms with Crippen LogP contribution >= 0.6 is 39.7 Å². The molecule has 0 aliphatic carbocycles. The van der Waals surface area contributed by atoms with Gasteiger partial charge in [0.25, 0.3) is 5.91 Å². The highest BCUT2D eigenvalue weighted by atomic mass is 79.9. The fraction of sp³-hybridized carbons (Fsp3) is 0.200. The van der Waals surface area contributed by atoms with E-state index in [2.05, 4.69) is 21.2 Å². The van der Waals surface area contributed by atoms with E-state index >= 15 is 0 Å². The summed E-state index contributed by atoms with van der Waals surface area (Å²) in [6, 6.07) is 11.2. The minimum Gasteiger partial charge on any atom is -0.490 e. The fourth-order valence-electron chi connectivity index (χ4n) is 2.65. The number of carbonyl (C=O) groups is 1. The lowest BCUT2D eigenvalue weighted by molar-refractivity contribution is -0.121. The molecule has 2 aromatic rings.